The van der Waals surface area contributed by atoms with E-state index < -0.39 is 6.17 Å². The summed E-state index contributed by atoms with van der Waals surface area (Å²) in [6.45, 7) is 3.89. The second-order valence-electron chi connectivity index (χ2n) is 5.76. The van der Waals surface area contributed by atoms with Gasteiger partial charge in [-0.25, -0.2) is 4.39 Å². The average molecular weight is 310 g/mol. The van der Waals surface area contributed by atoms with Crippen LogP contribution < -0.4 is 0 Å². The molecule has 2 aromatic rings. The highest BCUT2D eigenvalue weighted by atomic mass is 19.1. The lowest BCUT2D eigenvalue weighted by Crippen LogP contribution is -2.35. The van der Waals surface area contributed by atoms with Gasteiger partial charge in [0.25, 0.3) is 0 Å². The minimum absolute atomic E-state index is 0.584. The van der Waals surface area contributed by atoms with Crippen molar-refractivity contribution in [2.45, 2.75) is 32.5 Å². The van der Waals surface area contributed by atoms with Crippen molar-refractivity contribution in [3.63, 3.8) is 0 Å². The van der Waals surface area contributed by atoms with Gasteiger partial charge in [-0.3, -0.25) is 4.90 Å². The number of alkyl halides is 1. The van der Waals surface area contributed by atoms with Crippen LogP contribution in [0.4, 0.5) is 4.39 Å². The molecule has 0 bridgehead atoms. The largest absolute Gasteiger partial charge is 0.296 e. The van der Waals surface area contributed by atoms with E-state index in [1.165, 1.54) is 23.6 Å². The number of piperidine rings is 1. The molecule has 0 aliphatic carbocycles. The highest BCUT2D eigenvalue weighted by molar-refractivity contribution is 5.63. The van der Waals surface area contributed by atoms with Gasteiger partial charge in [0.2, 0.25) is 0 Å². The molecule has 120 valence electrons. The minimum atomic E-state index is -0.646. The number of nitriles is 1. The first-order valence-corrected chi connectivity index (χ1v) is 8.04. The summed E-state index contributed by atoms with van der Waals surface area (Å²) in [6.07, 6.45) is 1.06. The van der Waals surface area contributed by atoms with Crippen molar-refractivity contribution in [3.8, 4) is 17.2 Å². The van der Waals surface area contributed by atoms with Gasteiger partial charge in [-0.05, 0) is 36.1 Å². The first kappa shape index (κ1) is 17.2. The van der Waals surface area contributed by atoms with E-state index >= 15 is 0 Å². The zero-order valence-electron chi connectivity index (χ0n) is 13.6. The zero-order valence-corrected chi connectivity index (χ0v) is 13.6. The fourth-order valence-corrected chi connectivity index (χ4v) is 2.83. The molecular weight excluding hydrogens is 287 g/mol. The smallest absolute Gasteiger partial charge is 0.113 e. The van der Waals surface area contributed by atoms with Crippen LogP contribution in [0.1, 0.15) is 25.3 Å². The summed E-state index contributed by atoms with van der Waals surface area (Å²) in [5.74, 6) is 0. The normalized spacial score (nSPS) is 17.7. The molecule has 0 spiro atoms. The third-order valence-corrected chi connectivity index (χ3v) is 3.92. The van der Waals surface area contributed by atoms with Crippen LogP contribution in [0.2, 0.25) is 0 Å². The Morgan fingerprint density at radius 1 is 1.09 bits per heavy atom. The zero-order chi connectivity index (χ0) is 16.5. The second-order valence-corrected chi connectivity index (χ2v) is 5.76. The average Bonchev–Trinajstić information content (AvgIpc) is 2.57. The molecule has 0 radical (unpaired) electrons. The Labute approximate surface area is 138 Å². The summed E-state index contributed by atoms with van der Waals surface area (Å²) in [7, 11) is 0. The van der Waals surface area contributed by atoms with Gasteiger partial charge in [0.05, 0.1) is 6.07 Å². The van der Waals surface area contributed by atoms with E-state index in [0.29, 0.717) is 6.54 Å². The van der Waals surface area contributed by atoms with Gasteiger partial charge in [0.1, 0.15) is 6.17 Å². The number of halogens is 1. The van der Waals surface area contributed by atoms with E-state index in [1.54, 1.807) is 6.07 Å². The van der Waals surface area contributed by atoms with Gasteiger partial charge < -0.3 is 0 Å². The Balaban J connectivity index is 0.000000595. The predicted molar refractivity (Wildman–Crippen MR) is 92.6 cm³/mol. The molecular formula is C20H23FN2. The predicted octanol–water partition coefficient (Wildman–Crippen LogP) is 4.82. The molecule has 0 N–H and O–H groups in total. The first-order chi connectivity index (χ1) is 11.2. The van der Waals surface area contributed by atoms with Crippen LogP contribution in [0.5, 0.6) is 0 Å². The lowest BCUT2D eigenvalue weighted by molar-refractivity contribution is 0.133. The van der Waals surface area contributed by atoms with Crippen molar-refractivity contribution in [2.24, 2.45) is 0 Å². The van der Waals surface area contributed by atoms with Crippen molar-refractivity contribution in [1.82, 2.24) is 4.90 Å². The highest BCUT2D eigenvalue weighted by Crippen LogP contribution is 2.21. The molecule has 0 amide bonds. The van der Waals surface area contributed by atoms with Gasteiger partial charge in [-0.15, -0.1) is 0 Å². The molecule has 1 fully saturated rings. The van der Waals surface area contributed by atoms with E-state index in [9.17, 15) is 4.39 Å². The SMILES string of the molecule is CC#N.FC1CCCN(Cc2ccc(-c3ccccc3)cc2)C1. The molecule has 0 saturated carbocycles. The van der Waals surface area contributed by atoms with Crippen LogP contribution in [-0.4, -0.2) is 24.2 Å². The first-order valence-electron chi connectivity index (χ1n) is 8.04. The molecule has 23 heavy (non-hydrogen) atoms. The molecule has 1 atom stereocenters. The Bertz CT molecular complexity index is 616. The van der Waals surface area contributed by atoms with Crippen molar-refractivity contribution >= 4 is 0 Å². The van der Waals surface area contributed by atoms with Gasteiger partial charge in [0.15, 0.2) is 0 Å². The monoisotopic (exact) mass is 310 g/mol. The number of nitrogens with zero attached hydrogens (tertiary/aromatic N) is 2. The number of benzene rings is 2. The lowest BCUT2D eigenvalue weighted by atomic mass is 10.0. The molecule has 3 rings (SSSR count). The quantitative estimate of drug-likeness (QED) is 0.813. The van der Waals surface area contributed by atoms with Gasteiger partial charge in [-0.2, -0.15) is 5.26 Å². The highest BCUT2D eigenvalue weighted by Gasteiger charge is 2.18. The maximum Gasteiger partial charge on any atom is 0.113 e. The fourth-order valence-electron chi connectivity index (χ4n) is 2.83. The van der Waals surface area contributed by atoms with Crippen molar-refractivity contribution in [3.05, 3.63) is 60.2 Å². The van der Waals surface area contributed by atoms with Gasteiger partial charge in [-0.1, -0.05) is 54.6 Å². The molecule has 1 unspecified atom stereocenters. The Kier molecular flexibility index (Phi) is 6.77. The minimum Gasteiger partial charge on any atom is -0.296 e. The van der Waals surface area contributed by atoms with E-state index in [4.69, 9.17) is 5.26 Å². The van der Waals surface area contributed by atoms with Crippen LogP contribution in [0.15, 0.2) is 54.6 Å². The fraction of sp³-hybridized carbons (Fsp3) is 0.350. The van der Waals surface area contributed by atoms with E-state index in [2.05, 4.69) is 53.4 Å². The molecule has 1 aliphatic heterocycles. The molecule has 1 heterocycles. The number of rotatable bonds is 3. The molecule has 1 saturated heterocycles. The second kappa shape index (κ2) is 9.07. The van der Waals surface area contributed by atoms with Crippen molar-refractivity contribution < 1.29 is 4.39 Å². The standard InChI is InChI=1S/C18H20FN.C2H3N/c19-18-7-4-12-20(14-18)13-15-8-10-17(11-9-15)16-5-2-1-3-6-16;1-2-3/h1-3,5-6,8-11,18H,4,7,12-14H2;1H3. The maximum atomic E-state index is 13.4. The summed E-state index contributed by atoms with van der Waals surface area (Å²) in [5, 5.41) is 7.32. The third-order valence-electron chi connectivity index (χ3n) is 3.92. The van der Waals surface area contributed by atoms with Crippen LogP contribution in [0.3, 0.4) is 0 Å². The van der Waals surface area contributed by atoms with E-state index in [0.717, 1.165) is 25.9 Å². The Morgan fingerprint density at radius 2 is 1.70 bits per heavy atom. The van der Waals surface area contributed by atoms with Crippen LogP contribution in [0.25, 0.3) is 11.1 Å². The van der Waals surface area contributed by atoms with E-state index in [1.807, 2.05) is 6.07 Å². The van der Waals surface area contributed by atoms with E-state index in [-0.39, 0.29) is 0 Å². The molecule has 2 nitrogen and oxygen atoms in total. The summed E-state index contributed by atoms with van der Waals surface area (Å²) in [4.78, 5) is 2.21. The summed E-state index contributed by atoms with van der Waals surface area (Å²) in [6, 6.07) is 20.7. The molecule has 3 heteroatoms. The number of hydrogen-bond acceptors (Lipinski definition) is 2. The van der Waals surface area contributed by atoms with Crippen molar-refractivity contribution in [2.75, 3.05) is 13.1 Å². The maximum absolute atomic E-state index is 13.4. The number of likely N-dealkylation sites (tertiary alicyclic amines) is 1. The topological polar surface area (TPSA) is 27.0 Å². The van der Waals surface area contributed by atoms with Crippen LogP contribution in [-0.2, 0) is 6.54 Å². The lowest BCUT2D eigenvalue weighted by Gasteiger charge is -2.28. The summed E-state index contributed by atoms with van der Waals surface area (Å²) >= 11 is 0. The summed E-state index contributed by atoms with van der Waals surface area (Å²) in [5.41, 5.74) is 3.73. The van der Waals surface area contributed by atoms with Gasteiger partial charge in [0, 0.05) is 20.0 Å². The Hall–Kier alpha value is -2.18. The summed E-state index contributed by atoms with van der Waals surface area (Å²) < 4.78 is 13.4. The third kappa shape index (κ3) is 5.50. The van der Waals surface area contributed by atoms with Crippen LogP contribution in [0, 0.1) is 11.3 Å². The molecule has 0 aromatic heterocycles. The molecule has 2 aromatic carbocycles. The molecule has 1 aliphatic rings. The van der Waals surface area contributed by atoms with Gasteiger partial charge >= 0.3 is 0 Å². The Morgan fingerprint density at radius 3 is 2.30 bits per heavy atom. The van der Waals surface area contributed by atoms with Crippen molar-refractivity contribution in [1.29, 1.82) is 5.26 Å². The van der Waals surface area contributed by atoms with Crippen LogP contribution >= 0.6 is 0 Å². The number of hydrogen-bond donors (Lipinski definition) is 0.